The van der Waals surface area contributed by atoms with Crippen molar-refractivity contribution >= 4 is 11.9 Å². The summed E-state index contributed by atoms with van der Waals surface area (Å²) in [6.45, 7) is 0.542. The van der Waals surface area contributed by atoms with E-state index in [4.69, 9.17) is 5.11 Å². The molecule has 0 aromatic heterocycles. The van der Waals surface area contributed by atoms with Crippen LogP contribution in [0.4, 0.5) is 0 Å². The molecule has 0 bridgehead atoms. The Morgan fingerprint density at radius 2 is 1.75 bits per heavy atom. The molecule has 2 aliphatic rings. The standard InChI is InChI=1S/C16H27NO3/c18-15(10-9-12-5-2-1-3-6-12)17-11-13-7-4-8-14(13)16(19)20/h12-14H,1-11H2,(H,17,18)(H,19,20). The molecule has 2 N–H and O–H groups in total. The predicted molar refractivity (Wildman–Crippen MR) is 77.3 cm³/mol. The highest BCUT2D eigenvalue weighted by molar-refractivity contribution is 5.76. The molecule has 0 aromatic carbocycles. The van der Waals surface area contributed by atoms with Crippen molar-refractivity contribution in [2.24, 2.45) is 17.8 Å². The third-order valence-electron chi connectivity index (χ3n) is 5.04. The lowest BCUT2D eigenvalue weighted by Crippen LogP contribution is -2.33. The Labute approximate surface area is 121 Å². The fraction of sp³-hybridized carbons (Fsp3) is 0.875. The van der Waals surface area contributed by atoms with Gasteiger partial charge < -0.3 is 10.4 Å². The molecule has 2 saturated carbocycles. The summed E-state index contributed by atoms with van der Waals surface area (Å²) in [5.74, 6) is 0.00286. The number of carboxylic acids is 1. The zero-order valence-electron chi connectivity index (χ0n) is 12.3. The van der Waals surface area contributed by atoms with E-state index in [1.807, 2.05) is 0 Å². The van der Waals surface area contributed by atoms with E-state index in [2.05, 4.69) is 5.32 Å². The lowest BCUT2D eigenvalue weighted by atomic mass is 9.86. The Balaban J connectivity index is 1.63. The van der Waals surface area contributed by atoms with Crippen molar-refractivity contribution in [1.82, 2.24) is 5.32 Å². The first-order chi connectivity index (χ1) is 9.66. The maximum atomic E-state index is 11.9. The third-order valence-corrected chi connectivity index (χ3v) is 5.04. The molecule has 0 radical (unpaired) electrons. The minimum Gasteiger partial charge on any atom is -0.481 e. The maximum Gasteiger partial charge on any atom is 0.306 e. The molecule has 0 aliphatic heterocycles. The van der Waals surface area contributed by atoms with Crippen LogP contribution in [0.3, 0.4) is 0 Å². The smallest absolute Gasteiger partial charge is 0.306 e. The molecule has 114 valence electrons. The molecule has 0 spiro atoms. The molecule has 2 rings (SSSR count). The Morgan fingerprint density at radius 1 is 1.00 bits per heavy atom. The highest BCUT2D eigenvalue weighted by Gasteiger charge is 2.32. The number of carbonyl (C=O) groups excluding carboxylic acids is 1. The van der Waals surface area contributed by atoms with Crippen molar-refractivity contribution in [3.05, 3.63) is 0 Å². The fourth-order valence-electron chi connectivity index (χ4n) is 3.75. The van der Waals surface area contributed by atoms with Gasteiger partial charge >= 0.3 is 5.97 Å². The SMILES string of the molecule is O=C(CCC1CCCCC1)NCC1CCCC1C(=O)O. The van der Waals surface area contributed by atoms with Gasteiger partial charge in [0.25, 0.3) is 0 Å². The van der Waals surface area contributed by atoms with Crippen molar-refractivity contribution in [2.45, 2.75) is 64.2 Å². The predicted octanol–water partition coefficient (Wildman–Crippen LogP) is 2.96. The quantitative estimate of drug-likeness (QED) is 0.786. The summed E-state index contributed by atoms with van der Waals surface area (Å²) in [4.78, 5) is 22.9. The number of carbonyl (C=O) groups is 2. The molecule has 20 heavy (non-hydrogen) atoms. The average molecular weight is 281 g/mol. The van der Waals surface area contributed by atoms with E-state index in [1.54, 1.807) is 0 Å². The average Bonchev–Trinajstić information content (AvgIpc) is 2.92. The number of amides is 1. The van der Waals surface area contributed by atoms with Gasteiger partial charge in [0.15, 0.2) is 0 Å². The van der Waals surface area contributed by atoms with E-state index in [0.29, 0.717) is 13.0 Å². The molecular formula is C16H27NO3. The Bertz CT molecular complexity index is 337. The second-order valence-corrected chi connectivity index (χ2v) is 6.48. The number of aliphatic carboxylic acids is 1. The summed E-state index contributed by atoms with van der Waals surface area (Å²) >= 11 is 0. The van der Waals surface area contributed by atoms with Gasteiger partial charge in [0.1, 0.15) is 0 Å². The van der Waals surface area contributed by atoms with E-state index >= 15 is 0 Å². The minimum absolute atomic E-state index is 0.103. The molecular weight excluding hydrogens is 254 g/mol. The molecule has 0 aromatic rings. The summed E-state index contributed by atoms with van der Waals surface area (Å²) in [5, 5.41) is 12.1. The van der Waals surface area contributed by atoms with Gasteiger partial charge in [0.2, 0.25) is 5.91 Å². The number of hydrogen-bond acceptors (Lipinski definition) is 2. The van der Waals surface area contributed by atoms with Crippen LogP contribution in [0, 0.1) is 17.8 Å². The minimum atomic E-state index is -0.705. The van der Waals surface area contributed by atoms with E-state index in [-0.39, 0.29) is 17.7 Å². The Hall–Kier alpha value is -1.06. The van der Waals surface area contributed by atoms with Crippen LogP contribution in [0.25, 0.3) is 0 Å². The third kappa shape index (κ3) is 4.50. The number of hydrogen-bond donors (Lipinski definition) is 2. The number of nitrogens with one attached hydrogen (secondary N) is 1. The number of carboxylic acid groups (broad SMARTS) is 1. The molecule has 2 aliphatic carbocycles. The summed E-state index contributed by atoms with van der Waals surface area (Å²) < 4.78 is 0. The highest BCUT2D eigenvalue weighted by atomic mass is 16.4. The number of rotatable bonds is 6. The van der Waals surface area contributed by atoms with Gasteiger partial charge in [-0.25, -0.2) is 0 Å². The first kappa shape index (κ1) is 15.3. The molecule has 0 heterocycles. The molecule has 4 heteroatoms. The topological polar surface area (TPSA) is 66.4 Å². The maximum absolute atomic E-state index is 11.9. The van der Waals surface area contributed by atoms with Gasteiger partial charge in [-0.15, -0.1) is 0 Å². The van der Waals surface area contributed by atoms with Gasteiger partial charge in [-0.1, -0.05) is 38.5 Å². The van der Waals surface area contributed by atoms with E-state index in [1.165, 1.54) is 32.1 Å². The van der Waals surface area contributed by atoms with Crippen LogP contribution < -0.4 is 5.32 Å². The van der Waals surface area contributed by atoms with Crippen LogP contribution in [-0.4, -0.2) is 23.5 Å². The van der Waals surface area contributed by atoms with Gasteiger partial charge in [-0.2, -0.15) is 0 Å². The van der Waals surface area contributed by atoms with Gasteiger partial charge in [-0.3, -0.25) is 9.59 Å². The van der Waals surface area contributed by atoms with Gasteiger partial charge in [-0.05, 0) is 31.1 Å². The lowest BCUT2D eigenvalue weighted by Gasteiger charge is -2.21. The fourth-order valence-corrected chi connectivity index (χ4v) is 3.75. The zero-order valence-corrected chi connectivity index (χ0v) is 12.3. The summed E-state index contributed by atoms with van der Waals surface area (Å²) in [6, 6.07) is 0. The Kier molecular flexibility index (Phi) is 5.86. The highest BCUT2D eigenvalue weighted by Crippen LogP contribution is 2.31. The van der Waals surface area contributed by atoms with E-state index < -0.39 is 5.97 Å². The van der Waals surface area contributed by atoms with Crippen molar-refractivity contribution < 1.29 is 14.7 Å². The van der Waals surface area contributed by atoms with Crippen molar-refractivity contribution in [3.8, 4) is 0 Å². The second kappa shape index (κ2) is 7.65. The normalized spacial score (nSPS) is 27.4. The molecule has 2 fully saturated rings. The van der Waals surface area contributed by atoms with Crippen LogP contribution in [0.2, 0.25) is 0 Å². The van der Waals surface area contributed by atoms with Crippen molar-refractivity contribution in [1.29, 1.82) is 0 Å². The van der Waals surface area contributed by atoms with Crippen LogP contribution in [0.5, 0.6) is 0 Å². The molecule has 0 saturated heterocycles. The Morgan fingerprint density at radius 3 is 2.45 bits per heavy atom. The van der Waals surface area contributed by atoms with Crippen molar-refractivity contribution in [3.63, 3.8) is 0 Å². The monoisotopic (exact) mass is 281 g/mol. The molecule has 2 unspecified atom stereocenters. The van der Waals surface area contributed by atoms with Crippen LogP contribution >= 0.6 is 0 Å². The molecule has 1 amide bonds. The second-order valence-electron chi connectivity index (χ2n) is 6.48. The van der Waals surface area contributed by atoms with E-state index in [9.17, 15) is 9.59 Å². The first-order valence-corrected chi connectivity index (χ1v) is 8.16. The van der Waals surface area contributed by atoms with E-state index in [0.717, 1.165) is 31.6 Å². The first-order valence-electron chi connectivity index (χ1n) is 8.16. The zero-order chi connectivity index (χ0) is 14.4. The van der Waals surface area contributed by atoms with Crippen LogP contribution in [0.1, 0.15) is 64.2 Å². The summed E-state index contributed by atoms with van der Waals surface area (Å²) in [5.41, 5.74) is 0. The summed E-state index contributed by atoms with van der Waals surface area (Å²) in [7, 11) is 0. The van der Waals surface area contributed by atoms with Gasteiger partial charge in [0.05, 0.1) is 5.92 Å². The summed E-state index contributed by atoms with van der Waals surface area (Å²) in [6.07, 6.45) is 10.8. The lowest BCUT2D eigenvalue weighted by molar-refractivity contribution is -0.143. The van der Waals surface area contributed by atoms with Crippen LogP contribution in [0.15, 0.2) is 0 Å². The van der Waals surface area contributed by atoms with Gasteiger partial charge in [0, 0.05) is 13.0 Å². The molecule has 2 atom stereocenters. The largest absolute Gasteiger partial charge is 0.481 e. The van der Waals surface area contributed by atoms with Crippen molar-refractivity contribution in [2.75, 3.05) is 6.54 Å². The van der Waals surface area contributed by atoms with Crippen LogP contribution in [-0.2, 0) is 9.59 Å². The molecule has 4 nitrogen and oxygen atoms in total.